The Morgan fingerprint density at radius 1 is 0.871 bits per heavy atom. The minimum atomic E-state index is -3.79. The zero-order valence-corrected chi connectivity index (χ0v) is 19.1. The molecule has 5 heteroatoms. The van der Waals surface area contributed by atoms with Gasteiger partial charge in [0.2, 0.25) is 10.0 Å². The second-order valence-corrected chi connectivity index (χ2v) is 10.3. The van der Waals surface area contributed by atoms with E-state index in [0.717, 1.165) is 16.7 Å². The summed E-state index contributed by atoms with van der Waals surface area (Å²) < 4.78 is 29.4. The fourth-order valence-electron chi connectivity index (χ4n) is 5.07. The molecule has 4 rings (SSSR count). The minimum Gasteiger partial charge on any atom is -0.379 e. The summed E-state index contributed by atoms with van der Waals surface area (Å²) in [5, 5.41) is 12.2. The summed E-state index contributed by atoms with van der Waals surface area (Å²) in [6.07, 6.45) is 1.29. The Balaban J connectivity index is 1.88. The molecule has 1 aliphatic rings. The second-order valence-electron chi connectivity index (χ2n) is 8.50. The van der Waals surface area contributed by atoms with Gasteiger partial charge in [0.15, 0.2) is 0 Å². The van der Waals surface area contributed by atoms with Crippen LogP contribution < -0.4 is 0 Å². The highest BCUT2D eigenvalue weighted by Crippen LogP contribution is 2.43. The molecule has 1 fully saturated rings. The van der Waals surface area contributed by atoms with Crippen molar-refractivity contribution < 1.29 is 13.5 Å². The van der Waals surface area contributed by atoms with E-state index >= 15 is 0 Å². The van der Waals surface area contributed by atoms with Crippen molar-refractivity contribution in [1.82, 2.24) is 4.31 Å². The number of sulfonamides is 1. The van der Waals surface area contributed by atoms with Crippen molar-refractivity contribution in [2.45, 2.75) is 50.2 Å². The third-order valence-electron chi connectivity index (χ3n) is 6.29. The summed E-state index contributed by atoms with van der Waals surface area (Å²) in [6.45, 7) is 6.05. The lowest BCUT2D eigenvalue weighted by molar-refractivity contribution is 0.0204. The fraction of sp³-hybridized carbons (Fsp3) is 0.308. The molecule has 0 aliphatic carbocycles. The van der Waals surface area contributed by atoms with Crippen LogP contribution in [0.2, 0.25) is 0 Å². The van der Waals surface area contributed by atoms with E-state index in [9.17, 15) is 13.5 Å². The monoisotopic (exact) mass is 435 g/mol. The number of nitrogens with zero attached hydrogens (tertiary/aromatic N) is 1. The fourth-order valence-corrected chi connectivity index (χ4v) is 7.20. The predicted octanol–water partition coefficient (Wildman–Crippen LogP) is 4.70. The van der Waals surface area contributed by atoms with E-state index in [0.29, 0.717) is 35.4 Å². The third-order valence-corrected chi connectivity index (χ3v) is 8.50. The Hall–Kier alpha value is -2.47. The van der Waals surface area contributed by atoms with Crippen molar-refractivity contribution in [1.29, 1.82) is 0 Å². The molecule has 0 unspecified atom stereocenters. The first-order valence-electron chi connectivity index (χ1n) is 10.7. The first-order valence-corrected chi connectivity index (χ1v) is 12.1. The van der Waals surface area contributed by atoms with Crippen LogP contribution in [0.3, 0.4) is 0 Å². The quantitative estimate of drug-likeness (QED) is 0.632. The Labute approximate surface area is 185 Å². The molecule has 1 saturated heterocycles. The molecule has 0 bridgehead atoms. The summed E-state index contributed by atoms with van der Waals surface area (Å²) in [4.78, 5) is 0.355. The molecule has 0 aromatic heterocycles. The smallest absolute Gasteiger partial charge is 0.243 e. The Morgan fingerprint density at radius 3 is 1.84 bits per heavy atom. The van der Waals surface area contributed by atoms with Crippen molar-refractivity contribution in [3.05, 3.63) is 101 Å². The highest BCUT2D eigenvalue weighted by molar-refractivity contribution is 7.89. The number of hydrogen-bond donors (Lipinski definition) is 1. The lowest BCUT2D eigenvalue weighted by atomic mass is 9.79. The summed E-state index contributed by atoms with van der Waals surface area (Å²) in [5.74, 6) is 0. The molecular formula is C26H29NO3S. The first kappa shape index (κ1) is 21.8. The molecule has 1 N–H and O–H groups in total. The van der Waals surface area contributed by atoms with Gasteiger partial charge in [0.1, 0.15) is 5.60 Å². The molecular weight excluding hydrogens is 406 g/mol. The lowest BCUT2D eigenvalue weighted by Crippen LogP contribution is -2.50. The van der Waals surface area contributed by atoms with E-state index in [-0.39, 0.29) is 0 Å². The molecule has 31 heavy (non-hydrogen) atoms. The van der Waals surface area contributed by atoms with Crippen LogP contribution in [-0.4, -0.2) is 30.4 Å². The van der Waals surface area contributed by atoms with Crippen LogP contribution in [0.4, 0.5) is 0 Å². The van der Waals surface area contributed by atoms with Crippen molar-refractivity contribution in [2.24, 2.45) is 0 Å². The molecule has 0 saturated carbocycles. The number of hydrogen-bond acceptors (Lipinski definition) is 3. The van der Waals surface area contributed by atoms with E-state index in [1.165, 1.54) is 4.31 Å². The van der Waals surface area contributed by atoms with Gasteiger partial charge in [0, 0.05) is 6.54 Å². The van der Waals surface area contributed by atoms with Crippen LogP contribution in [0.25, 0.3) is 0 Å². The zero-order valence-electron chi connectivity index (χ0n) is 18.2. The molecule has 0 amide bonds. The van der Waals surface area contributed by atoms with E-state index in [4.69, 9.17) is 0 Å². The van der Waals surface area contributed by atoms with Gasteiger partial charge in [-0.25, -0.2) is 8.42 Å². The number of benzene rings is 3. The van der Waals surface area contributed by atoms with Gasteiger partial charge in [-0.2, -0.15) is 4.31 Å². The molecule has 1 heterocycles. The topological polar surface area (TPSA) is 57.6 Å². The normalized spacial score (nSPS) is 17.7. The number of aliphatic hydroxyl groups is 1. The van der Waals surface area contributed by atoms with Crippen molar-refractivity contribution in [3.8, 4) is 0 Å². The van der Waals surface area contributed by atoms with E-state index in [2.05, 4.69) is 0 Å². The first-order chi connectivity index (χ1) is 14.8. The van der Waals surface area contributed by atoms with Crippen LogP contribution in [0.5, 0.6) is 0 Å². The second kappa shape index (κ2) is 8.23. The van der Waals surface area contributed by atoms with E-state index < -0.39 is 21.7 Å². The maximum absolute atomic E-state index is 13.9. The summed E-state index contributed by atoms with van der Waals surface area (Å²) >= 11 is 0. The highest BCUT2D eigenvalue weighted by Gasteiger charge is 2.50. The predicted molar refractivity (Wildman–Crippen MR) is 123 cm³/mol. The number of rotatable bonds is 5. The van der Waals surface area contributed by atoms with E-state index in [1.54, 1.807) is 0 Å². The standard InChI is InChI=1S/C26H29NO3S/c1-19-17-20(2)25(21(3)18-19)31(29,30)27-16-10-15-24(27)26(28,22-11-6-4-7-12-22)23-13-8-5-9-14-23/h4-9,11-14,17-18,24,28H,10,15-16H2,1-3H3/t24-/m1/s1. The van der Waals surface area contributed by atoms with Crippen LogP contribution in [0.15, 0.2) is 77.7 Å². The SMILES string of the molecule is Cc1cc(C)c(S(=O)(=O)N2CCC[C@@H]2C(O)(c2ccccc2)c2ccccc2)c(C)c1. The maximum Gasteiger partial charge on any atom is 0.243 e. The lowest BCUT2D eigenvalue weighted by Gasteiger charge is -2.39. The van der Waals surface area contributed by atoms with Gasteiger partial charge in [0.25, 0.3) is 0 Å². The average Bonchev–Trinajstić information content (AvgIpc) is 3.25. The van der Waals surface area contributed by atoms with E-state index in [1.807, 2.05) is 93.6 Å². The summed E-state index contributed by atoms with van der Waals surface area (Å²) in [7, 11) is -3.79. The van der Waals surface area contributed by atoms with Gasteiger partial charge < -0.3 is 5.11 Å². The average molecular weight is 436 g/mol. The van der Waals surface area contributed by atoms with Crippen LogP contribution in [0.1, 0.15) is 40.7 Å². The van der Waals surface area contributed by atoms with Crippen molar-refractivity contribution in [3.63, 3.8) is 0 Å². The Morgan fingerprint density at radius 2 is 1.35 bits per heavy atom. The molecule has 0 radical (unpaired) electrons. The van der Waals surface area contributed by atoms with Gasteiger partial charge >= 0.3 is 0 Å². The third kappa shape index (κ3) is 3.71. The van der Waals surface area contributed by atoms with Crippen LogP contribution in [0, 0.1) is 20.8 Å². The molecule has 3 aromatic rings. The molecule has 0 spiro atoms. The van der Waals surface area contributed by atoms with Crippen molar-refractivity contribution in [2.75, 3.05) is 6.54 Å². The summed E-state index contributed by atoms with van der Waals surface area (Å²) in [5.41, 5.74) is 2.48. The molecule has 4 nitrogen and oxygen atoms in total. The van der Waals surface area contributed by atoms with Gasteiger partial charge in [-0.05, 0) is 55.9 Å². The molecule has 3 aromatic carbocycles. The maximum atomic E-state index is 13.9. The van der Waals surface area contributed by atoms with Gasteiger partial charge in [-0.15, -0.1) is 0 Å². The van der Waals surface area contributed by atoms with Crippen molar-refractivity contribution >= 4 is 10.0 Å². The summed E-state index contributed by atoms with van der Waals surface area (Å²) in [6, 6.07) is 22.0. The molecule has 1 aliphatic heterocycles. The Kier molecular flexibility index (Phi) is 5.77. The molecule has 162 valence electrons. The highest BCUT2D eigenvalue weighted by atomic mass is 32.2. The van der Waals surface area contributed by atoms with Gasteiger partial charge in [-0.3, -0.25) is 0 Å². The van der Waals surface area contributed by atoms with Gasteiger partial charge in [-0.1, -0.05) is 78.4 Å². The minimum absolute atomic E-state index is 0.355. The number of aryl methyl sites for hydroxylation is 3. The zero-order chi connectivity index (χ0) is 22.2. The van der Waals surface area contributed by atoms with Gasteiger partial charge in [0.05, 0.1) is 10.9 Å². The van der Waals surface area contributed by atoms with Crippen LogP contribution >= 0.6 is 0 Å². The van der Waals surface area contributed by atoms with Crippen LogP contribution in [-0.2, 0) is 15.6 Å². The molecule has 1 atom stereocenters. The largest absolute Gasteiger partial charge is 0.379 e. The Bertz CT molecular complexity index is 1110.